The van der Waals surface area contributed by atoms with Crippen LogP contribution in [0.1, 0.15) is 12.0 Å². The quantitative estimate of drug-likeness (QED) is 0.575. The smallest absolute Gasteiger partial charge is 0.327 e. The number of thiazole rings is 1. The van der Waals surface area contributed by atoms with Gasteiger partial charge in [0.25, 0.3) is 0 Å². The van der Waals surface area contributed by atoms with E-state index >= 15 is 0 Å². The molecule has 2 amide bonds. The number of likely N-dealkylation sites (N-methyl/N-ethyl adjacent to an activating group) is 1. The van der Waals surface area contributed by atoms with Gasteiger partial charge in [-0.05, 0) is 48.9 Å². The van der Waals surface area contributed by atoms with E-state index in [1.807, 2.05) is 18.2 Å². The van der Waals surface area contributed by atoms with Gasteiger partial charge in [-0.1, -0.05) is 35.6 Å². The number of urea groups is 1. The largest absolute Gasteiger partial charge is 0.445 e. The molecule has 0 saturated carbocycles. The van der Waals surface area contributed by atoms with E-state index in [2.05, 4.69) is 34.4 Å². The van der Waals surface area contributed by atoms with Crippen LogP contribution >= 0.6 is 11.3 Å². The van der Waals surface area contributed by atoms with E-state index in [0.717, 1.165) is 30.8 Å². The number of rotatable bonds is 5. The van der Waals surface area contributed by atoms with Gasteiger partial charge < -0.3 is 9.64 Å². The third-order valence-electron chi connectivity index (χ3n) is 5.03. The first kappa shape index (κ1) is 21.0. The van der Waals surface area contributed by atoms with Crippen molar-refractivity contribution in [3.63, 3.8) is 0 Å². The van der Waals surface area contributed by atoms with Crippen LogP contribution in [0.3, 0.4) is 0 Å². The molecule has 6 nitrogen and oxygen atoms in total. The Morgan fingerprint density at radius 1 is 1.26 bits per heavy atom. The van der Waals surface area contributed by atoms with Gasteiger partial charge in [0.15, 0.2) is 5.13 Å². The summed E-state index contributed by atoms with van der Waals surface area (Å²) < 4.78 is 18.9. The zero-order chi connectivity index (χ0) is 21.8. The number of nitrogens with one attached hydrogen (secondary N) is 1. The Bertz CT molecular complexity index is 1110. The zero-order valence-electron chi connectivity index (χ0n) is 17.3. The standard InChI is InChI=1S/C23H23FN4O2S/c1-27-11-9-16(10-12-27)17-5-3-7-19(13-17)28(2)23(29)26-22-25-15-21(31-22)30-20-8-4-6-18(24)14-20/h3-9,13-15H,10-12H2,1-2H3,(H,25,26,29). The molecule has 1 aliphatic heterocycles. The number of hydrogen-bond donors (Lipinski definition) is 1. The van der Waals surface area contributed by atoms with Crippen LogP contribution in [0, 0.1) is 5.82 Å². The van der Waals surface area contributed by atoms with Crippen molar-refractivity contribution in [1.82, 2.24) is 9.88 Å². The summed E-state index contributed by atoms with van der Waals surface area (Å²) in [5.41, 5.74) is 3.22. The first-order chi connectivity index (χ1) is 15.0. The summed E-state index contributed by atoms with van der Waals surface area (Å²) in [4.78, 5) is 20.7. The number of nitrogens with zero attached hydrogens (tertiary/aromatic N) is 3. The minimum absolute atomic E-state index is 0.304. The normalized spacial score (nSPS) is 14.1. The van der Waals surface area contributed by atoms with E-state index in [9.17, 15) is 9.18 Å². The first-order valence-corrected chi connectivity index (χ1v) is 10.7. The molecule has 160 valence electrons. The fraction of sp³-hybridized carbons (Fsp3) is 0.217. The van der Waals surface area contributed by atoms with Gasteiger partial charge in [-0.3, -0.25) is 10.2 Å². The number of hydrogen-bond acceptors (Lipinski definition) is 5. The summed E-state index contributed by atoms with van der Waals surface area (Å²) in [6.45, 7) is 1.95. The monoisotopic (exact) mass is 438 g/mol. The first-order valence-electron chi connectivity index (χ1n) is 9.90. The average molecular weight is 439 g/mol. The SMILES string of the molecule is CN1CC=C(c2cccc(N(C)C(=O)Nc3ncc(Oc4cccc(F)c4)s3)c2)CC1. The van der Waals surface area contributed by atoms with Gasteiger partial charge in [-0.25, -0.2) is 14.2 Å². The lowest BCUT2D eigenvalue weighted by molar-refractivity contribution is 0.258. The van der Waals surface area contributed by atoms with Crippen LogP contribution in [0.15, 0.2) is 60.8 Å². The van der Waals surface area contributed by atoms with Crippen LogP contribution in [-0.2, 0) is 0 Å². The zero-order valence-corrected chi connectivity index (χ0v) is 18.2. The number of aromatic nitrogens is 1. The molecule has 0 unspecified atom stereocenters. The number of anilines is 2. The van der Waals surface area contributed by atoms with Crippen LogP contribution in [0.4, 0.5) is 20.0 Å². The molecule has 31 heavy (non-hydrogen) atoms. The van der Waals surface area contributed by atoms with Gasteiger partial charge in [0.1, 0.15) is 11.6 Å². The maximum absolute atomic E-state index is 13.3. The van der Waals surface area contributed by atoms with Crippen molar-refractivity contribution in [3.05, 3.63) is 72.2 Å². The van der Waals surface area contributed by atoms with Gasteiger partial charge >= 0.3 is 6.03 Å². The van der Waals surface area contributed by atoms with Crippen molar-refractivity contribution >= 4 is 33.8 Å². The van der Waals surface area contributed by atoms with Crippen LogP contribution in [-0.4, -0.2) is 43.1 Å². The second-order valence-corrected chi connectivity index (χ2v) is 8.32. The second-order valence-electron chi connectivity index (χ2n) is 7.32. The number of ether oxygens (including phenoxy) is 1. The highest BCUT2D eigenvalue weighted by atomic mass is 32.1. The number of carbonyl (C=O) groups excluding carboxylic acids is 1. The molecule has 3 aromatic rings. The molecular weight excluding hydrogens is 415 g/mol. The Kier molecular flexibility index (Phi) is 6.29. The molecule has 0 spiro atoms. The Morgan fingerprint density at radius 2 is 2.10 bits per heavy atom. The Hall–Kier alpha value is -3.23. The number of benzene rings is 2. The van der Waals surface area contributed by atoms with E-state index in [0.29, 0.717) is 15.9 Å². The lowest BCUT2D eigenvalue weighted by Gasteiger charge is -2.23. The molecule has 0 saturated heterocycles. The molecule has 4 rings (SSSR count). The molecular formula is C23H23FN4O2S. The summed E-state index contributed by atoms with van der Waals surface area (Å²) >= 11 is 1.17. The molecule has 0 fully saturated rings. The van der Waals surface area contributed by atoms with E-state index in [1.165, 1.54) is 35.2 Å². The maximum atomic E-state index is 13.3. The average Bonchev–Trinajstić information content (AvgIpc) is 3.20. The number of amides is 2. The molecule has 0 radical (unpaired) electrons. The molecule has 2 heterocycles. The minimum Gasteiger partial charge on any atom is -0.445 e. The molecule has 1 N–H and O–H groups in total. The lowest BCUT2D eigenvalue weighted by Crippen LogP contribution is -2.31. The number of carbonyl (C=O) groups is 1. The minimum atomic E-state index is -0.379. The molecule has 1 aliphatic rings. The second kappa shape index (κ2) is 9.28. The van der Waals surface area contributed by atoms with Crippen molar-refractivity contribution in [3.8, 4) is 10.8 Å². The Balaban J connectivity index is 1.41. The van der Waals surface area contributed by atoms with E-state index in [-0.39, 0.29) is 11.8 Å². The van der Waals surface area contributed by atoms with Crippen LogP contribution in [0.5, 0.6) is 10.8 Å². The third-order valence-corrected chi connectivity index (χ3v) is 5.82. The maximum Gasteiger partial charge on any atom is 0.327 e. The highest BCUT2D eigenvalue weighted by Gasteiger charge is 2.16. The van der Waals surface area contributed by atoms with Gasteiger partial charge in [-0.2, -0.15) is 0 Å². The van der Waals surface area contributed by atoms with Gasteiger partial charge in [0, 0.05) is 31.9 Å². The van der Waals surface area contributed by atoms with Gasteiger partial charge in [0.05, 0.1) is 6.20 Å². The summed E-state index contributed by atoms with van der Waals surface area (Å²) in [5, 5.41) is 3.64. The molecule has 0 atom stereocenters. The molecule has 0 bridgehead atoms. The molecule has 8 heteroatoms. The van der Waals surface area contributed by atoms with E-state index in [4.69, 9.17) is 4.74 Å². The summed E-state index contributed by atoms with van der Waals surface area (Å²) in [5.74, 6) is -0.00548. The highest BCUT2D eigenvalue weighted by molar-refractivity contribution is 7.17. The summed E-state index contributed by atoms with van der Waals surface area (Å²) in [6, 6.07) is 13.5. The molecule has 0 aliphatic carbocycles. The van der Waals surface area contributed by atoms with Crippen molar-refractivity contribution in [2.24, 2.45) is 0 Å². The molecule has 2 aromatic carbocycles. The van der Waals surface area contributed by atoms with Crippen LogP contribution in [0.2, 0.25) is 0 Å². The van der Waals surface area contributed by atoms with Gasteiger partial charge in [0.2, 0.25) is 5.06 Å². The Morgan fingerprint density at radius 3 is 2.87 bits per heavy atom. The third kappa shape index (κ3) is 5.28. The molecule has 1 aromatic heterocycles. The van der Waals surface area contributed by atoms with E-state index in [1.54, 1.807) is 24.1 Å². The lowest BCUT2D eigenvalue weighted by atomic mass is 9.99. The highest BCUT2D eigenvalue weighted by Crippen LogP contribution is 2.31. The fourth-order valence-electron chi connectivity index (χ4n) is 3.25. The van der Waals surface area contributed by atoms with Crippen molar-refractivity contribution < 1.29 is 13.9 Å². The topological polar surface area (TPSA) is 57.7 Å². The predicted molar refractivity (Wildman–Crippen MR) is 123 cm³/mol. The van der Waals surface area contributed by atoms with E-state index < -0.39 is 0 Å². The predicted octanol–water partition coefficient (Wildman–Crippen LogP) is 5.46. The van der Waals surface area contributed by atoms with Crippen molar-refractivity contribution in [1.29, 1.82) is 0 Å². The van der Waals surface area contributed by atoms with Crippen LogP contribution in [0.25, 0.3) is 5.57 Å². The van der Waals surface area contributed by atoms with Crippen molar-refractivity contribution in [2.75, 3.05) is 37.4 Å². The fourth-order valence-corrected chi connectivity index (χ4v) is 3.93. The van der Waals surface area contributed by atoms with Crippen molar-refractivity contribution in [2.45, 2.75) is 6.42 Å². The van der Waals surface area contributed by atoms with Gasteiger partial charge in [-0.15, -0.1) is 0 Å². The number of halogens is 1. The summed E-state index contributed by atoms with van der Waals surface area (Å²) in [7, 11) is 3.82. The summed E-state index contributed by atoms with van der Waals surface area (Å²) in [6.07, 6.45) is 4.72. The van der Waals surface area contributed by atoms with Crippen LogP contribution < -0.4 is 15.0 Å². The Labute approximate surface area is 184 Å².